The molecule has 0 bridgehead atoms. The predicted molar refractivity (Wildman–Crippen MR) is 75.1 cm³/mol. The fraction of sp³-hybridized carbons (Fsp3) is 0.636. The molecular weight excluding hydrogens is 268 g/mol. The standard InChI is InChI=1S/C11H20N4O3S/c1-12-9-7-10(15-11(14-9)8-18-2)13-5-4-6-19(3,16)17/h7H,4-6,8H2,1-3H3,(H2,12,13,14,15). The van der Waals surface area contributed by atoms with E-state index in [4.69, 9.17) is 4.74 Å². The number of nitrogens with one attached hydrogen (secondary N) is 2. The highest BCUT2D eigenvalue weighted by Gasteiger charge is 2.05. The second-order valence-electron chi connectivity index (χ2n) is 4.15. The molecule has 108 valence electrons. The molecule has 1 aromatic heterocycles. The van der Waals surface area contributed by atoms with E-state index in [2.05, 4.69) is 20.6 Å². The highest BCUT2D eigenvalue weighted by Crippen LogP contribution is 2.11. The minimum atomic E-state index is -2.91. The maximum absolute atomic E-state index is 11.0. The van der Waals surface area contributed by atoms with Crippen molar-refractivity contribution in [2.45, 2.75) is 13.0 Å². The molecule has 1 rings (SSSR count). The highest BCUT2D eigenvalue weighted by molar-refractivity contribution is 7.90. The van der Waals surface area contributed by atoms with E-state index in [1.807, 2.05) is 0 Å². The molecule has 0 aliphatic heterocycles. The maximum atomic E-state index is 11.0. The molecule has 2 N–H and O–H groups in total. The van der Waals surface area contributed by atoms with Crippen molar-refractivity contribution in [2.24, 2.45) is 0 Å². The Hall–Kier alpha value is -1.41. The Balaban J connectivity index is 2.59. The Kier molecular flexibility index (Phi) is 5.97. The van der Waals surface area contributed by atoms with Crippen LogP contribution in [0.4, 0.5) is 11.6 Å². The first-order valence-electron chi connectivity index (χ1n) is 5.91. The maximum Gasteiger partial charge on any atom is 0.158 e. The third kappa shape index (κ3) is 6.35. The first-order valence-corrected chi connectivity index (χ1v) is 7.97. The second kappa shape index (κ2) is 7.25. The topological polar surface area (TPSA) is 93.2 Å². The van der Waals surface area contributed by atoms with Gasteiger partial charge in [0.15, 0.2) is 5.82 Å². The van der Waals surface area contributed by atoms with Crippen molar-refractivity contribution in [3.8, 4) is 0 Å². The lowest BCUT2D eigenvalue weighted by Crippen LogP contribution is -2.12. The van der Waals surface area contributed by atoms with Crippen LogP contribution in [0.25, 0.3) is 0 Å². The zero-order chi connectivity index (χ0) is 14.3. The molecule has 0 aliphatic rings. The van der Waals surface area contributed by atoms with E-state index < -0.39 is 9.84 Å². The smallest absolute Gasteiger partial charge is 0.158 e. The molecule has 7 nitrogen and oxygen atoms in total. The van der Waals surface area contributed by atoms with Crippen molar-refractivity contribution >= 4 is 21.5 Å². The fourth-order valence-electron chi connectivity index (χ4n) is 1.46. The molecule has 0 atom stereocenters. The summed E-state index contributed by atoms with van der Waals surface area (Å²) in [6.45, 7) is 0.868. The van der Waals surface area contributed by atoms with Crippen LogP contribution in [0.2, 0.25) is 0 Å². The van der Waals surface area contributed by atoms with Crippen molar-refractivity contribution < 1.29 is 13.2 Å². The van der Waals surface area contributed by atoms with Crippen LogP contribution in [0.1, 0.15) is 12.2 Å². The van der Waals surface area contributed by atoms with Crippen molar-refractivity contribution in [1.29, 1.82) is 0 Å². The van der Waals surface area contributed by atoms with E-state index in [-0.39, 0.29) is 5.75 Å². The molecule has 0 saturated carbocycles. The first-order chi connectivity index (χ1) is 8.94. The number of sulfone groups is 1. The summed E-state index contributed by atoms with van der Waals surface area (Å²) >= 11 is 0. The lowest BCUT2D eigenvalue weighted by molar-refractivity contribution is 0.178. The molecule has 0 amide bonds. The van der Waals surface area contributed by atoms with Gasteiger partial charge in [0, 0.05) is 33.0 Å². The number of aromatic nitrogens is 2. The molecule has 0 fully saturated rings. The van der Waals surface area contributed by atoms with Crippen LogP contribution in [0.3, 0.4) is 0 Å². The van der Waals surface area contributed by atoms with Gasteiger partial charge in [0.1, 0.15) is 28.1 Å². The van der Waals surface area contributed by atoms with Gasteiger partial charge < -0.3 is 15.4 Å². The number of rotatable bonds is 8. The van der Waals surface area contributed by atoms with Crippen LogP contribution in [0, 0.1) is 0 Å². The molecule has 0 saturated heterocycles. The summed E-state index contributed by atoms with van der Waals surface area (Å²) in [6.07, 6.45) is 1.77. The molecule has 0 aromatic carbocycles. The van der Waals surface area contributed by atoms with Crippen LogP contribution >= 0.6 is 0 Å². The average molecular weight is 288 g/mol. The molecule has 0 unspecified atom stereocenters. The van der Waals surface area contributed by atoms with E-state index in [1.54, 1.807) is 20.2 Å². The summed E-state index contributed by atoms with van der Waals surface area (Å²) in [7, 11) is 0.435. The van der Waals surface area contributed by atoms with Crippen LogP contribution in [0.5, 0.6) is 0 Å². The number of hydrogen-bond donors (Lipinski definition) is 2. The monoisotopic (exact) mass is 288 g/mol. The molecule has 1 aromatic rings. The zero-order valence-electron chi connectivity index (χ0n) is 11.4. The van der Waals surface area contributed by atoms with Crippen molar-refractivity contribution in [1.82, 2.24) is 9.97 Å². The summed E-state index contributed by atoms with van der Waals surface area (Å²) < 4.78 is 27.0. The highest BCUT2D eigenvalue weighted by atomic mass is 32.2. The minimum absolute atomic E-state index is 0.162. The summed E-state index contributed by atoms with van der Waals surface area (Å²) in [6, 6.07) is 1.76. The third-order valence-corrected chi connectivity index (χ3v) is 3.33. The van der Waals surface area contributed by atoms with Crippen molar-refractivity contribution in [3.05, 3.63) is 11.9 Å². The molecule has 0 spiro atoms. The van der Waals surface area contributed by atoms with Crippen LogP contribution < -0.4 is 10.6 Å². The van der Waals surface area contributed by atoms with Gasteiger partial charge in [-0.25, -0.2) is 18.4 Å². The van der Waals surface area contributed by atoms with E-state index in [9.17, 15) is 8.42 Å². The molecule has 8 heteroatoms. The van der Waals surface area contributed by atoms with Gasteiger partial charge in [-0.1, -0.05) is 0 Å². The number of hydrogen-bond acceptors (Lipinski definition) is 7. The SMILES string of the molecule is CNc1cc(NCCCS(C)(=O)=O)nc(COC)n1. The summed E-state index contributed by atoms with van der Waals surface area (Å²) in [4.78, 5) is 8.49. The molecular formula is C11H20N4O3S. The average Bonchev–Trinajstić information content (AvgIpc) is 2.34. The first kappa shape index (κ1) is 15.6. The number of nitrogens with zero attached hydrogens (tertiary/aromatic N) is 2. The summed E-state index contributed by atoms with van der Waals surface area (Å²) in [5, 5.41) is 6.02. The second-order valence-corrected chi connectivity index (χ2v) is 6.41. The van der Waals surface area contributed by atoms with Gasteiger partial charge in [-0.15, -0.1) is 0 Å². The zero-order valence-corrected chi connectivity index (χ0v) is 12.2. The normalized spacial score (nSPS) is 11.3. The Morgan fingerprint density at radius 3 is 2.58 bits per heavy atom. The number of anilines is 2. The van der Waals surface area contributed by atoms with E-state index in [1.165, 1.54) is 6.26 Å². The van der Waals surface area contributed by atoms with Gasteiger partial charge in [0.05, 0.1) is 5.75 Å². The molecule has 0 radical (unpaired) electrons. The Labute approximate surface area is 113 Å². The van der Waals surface area contributed by atoms with Crippen molar-refractivity contribution in [3.63, 3.8) is 0 Å². The fourth-order valence-corrected chi connectivity index (χ4v) is 2.13. The Morgan fingerprint density at radius 1 is 1.32 bits per heavy atom. The van der Waals surface area contributed by atoms with Gasteiger partial charge in [-0.05, 0) is 6.42 Å². The molecule has 0 aliphatic carbocycles. The van der Waals surface area contributed by atoms with Gasteiger partial charge in [-0.3, -0.25) is 0 Å². The van der Waals surface area contributed by atoms with Crippen LogP contribution in [-0.2, 0) is 21.2 Å². The number of ether oxygens (including phenoxy) is 1. The quantitative estimate of drug-likeness (QED) is 0.673. The Bertz CT molecular complexity index is 505. The third-order valence-electron chi connectivity index (χ3n) is 2.30. The van der Waals surface area contributed by atoms with Gasteiger partial charge >= 0.3 is 0 Å². The lowest BCUT2D eigenvalue weighted by Gasteiger charge is -2.09. The molecule has 1 heterocycles. The number of methoxy groups -OCH3 is 1. The van der Waals surface area contributed by atoms with Crippen molar-refractivity contribution in [2.75, 3.05) is 43.3 Å². The van der Waals surface area contributed by atoms with Crippen LogP contribution in [-0.4, -0.2) is 51.1 Å². The lowest BCUT2D eigenvalue weighted by atomic mass is 10.4. The largest absolute Gasteiger partial charge is 0.377 e. The van der Waals surface area contributed by atoms with E-state index in [0.717, 1.165) is 0 Å². The van der Waals surface area contributed by atoms with E-state index in [0.29, 0.717) is 37.0 Å². The predicted octanol–water partition coefficient (Wildman–Crippen LogP) is 0.511. The Morgan fingerprint density at radius 2 is 2.00 bits per heavy atom. The minimum Gasteiger partial charge on any atom is -0.377 e. The summed E-state index contributed by atoms with van der Waals surface area (Å²) in [5.74, 6) is 2.07. The van der Waals surface area contributed by atoms with Gasteiger partial charge in [0.2, 0.25) is 0 Å². The van der Waals surface area contributed by atoms with Crippen LogP contribution in [0.15, 0.2) is 6.07 Å². The molecule has 19 heavy (non-hydrogen) atoms. The van der Waals surface area contributed by atoms with Gasteiger partial charge in [0.25, 0.3) is 0 Å². The summed E-state index contributed by atoms with van der Waals surface area (Å²) in [5.41, 5.74) is 0. The van der Waals surface area contributed by atoms with E-state index >= 15 is 0 Å². The van der Waals surface area contributed by atoms with Gasteiger partial charge in [-0.2, -0.15) is 0 Å².